The number of carbonyl (C=O) groups excluding carboxylic acids is 1. The van der Waals surface area contributed by atoms with Crippen LogP contribution in [-0.4, -0.2) is 49.4 Å². The molecule has 1 rings (SSSR count). The maximum Gasteiger partial charge on any atom is 0.237 e. The van der Waals surface area contributed by atoms with E-state index in [9.17, 15) is 4.79 Å². The summed E-state index contributed by atoms with van der Waals surface area (Å²) in [5.41, 5.74) is 0. The maximum atomic E-state index is 11.5. The Morgan fingerprint density at radius 3 is 2.75 bits per heavy atom. The molecule has 1 aliphatic heterocycles. The highest BCUT2D eigenvalue weighted by Gasteiger charge is 2.13. The lowest BCUT2D eigenvalue weighted by molar-refractivity contribution is -0.131. The fourth-order valence-electron chi connectivity index (χ4n) is 1.24. The van der Waals surface area contributed by atoms with Gasteiger partial charge in [0.15, 0.2) is 0 Å². The van der Waals surface area contributed by atoms with Gasteiger partial charge < -0.3 is 9.80 Å². The zero-order valence-electron chi connectivity index (χ0n) is 7.79. The average molecular weight is 168 g/mol. The first-order valence-corrected chi connectivity index (χ1v) is 4.27. The van der Waals surface area contributed by atoms with Gasteiger partial charge in [-0.15, -0.1) is 0 Å². The van der Waals surface area contributed by atoms with Crippen molar-refractivity contribution in [1.82, 2.24) is 9.80 Å². The SMILES string of the molecule is CN(C)CC(=O)N1CC=CCC1. The minimum atomic E-state index is 0.226. The third-order valence-electron chi connectivity index (χ3n) is 1.86. The molecule has 0 N–H and O–H groups in total. The number of hydrogen-bond acceptors (Lipinski definition) is 2. The molecule has 3 nitrogen and oxygen atoms in total. The van der Waals surface area contributed by atoms with E-state index in [1.807, 2.05) is 23.9 Å². The Balaban J connectivity index is 2.36. The van der Waals surface area contributed by atoms with E-state index in [4.69, 9.17) is 0 Å². The number of rotatable bonds is 2. The lowest BCUT2D eigenvalue weighted by Gasteiger charge is -2.24. The van der Waals surface area contributed by atoms with Gasteiger partial charge >= 0.3 is 0 Å². The fraction of sp³-hybridized carbons (Fsp3) is 0.667. The zero-order chi connectivity index (χ0) is 8.97. The van der Waals surface area contributed by atoms with Gasteiger partial charge in [0.2, 0.25) is 5.91 Å². The van der Waals surface area contributed by atoms with Crippen LogP contribution in [0.5, 0.6) is 0 Å². The van der Waals surface area contributed by atoms with Crippen LogP contribution in [-0.2, 0) is 4.79 Å². The summed E-state index contributed by atoms with van der Waals surface area (Å²) in [5, 5.41) is 0. The van der Waals surface area contributed by atoms with Crippen molar-refractivity contribution in [2.24, 2.45) is 0 Å². The van der Waals surface area contributed by atoms with Crippen LogP contribution in [0.25, 0.3) is 0 Å². The topological polar surface area (TPSA) is 23.6 Å². The predicted molar refractivity (Wildman–Crippen MR) is 48.9 cm³/mol. The van der Waals surface area contributed by atoms with Crippen LogP contribution < -0.4 is 0 Å². The van der Waals surface area contributed by atoms with Crippen molar-refractivity contribution in [3.05, 3.63) is 12.2 Å². The Kier molecular flexibility index (Phi) is 3.29. The lowest BCUT2D eigenvalue weighted by atomic mass is 10.2. The van der Waals surface area contributed by atoms with Crippen molar-refractivity contribution >= 4 is 5.91 Å². The Bertz CT molecular complexity index is 187. The molecule has 1 heterocycles. The first kappa shape index (κ1) is 9.26. The number of nitrogens with zero attached hydrogens (tertiary/aromatic N) is 2. The summed E-state index contributed by atoms with van der Waals surface area (Å²) in [6.07, 6.45) is 5.18. The van der Waals surface area contributed by atoms with E-state index < -0.39 is 0 Å². The van der Waals surface area contributed by atoms with Gasteiger partial charge in [-0.25, -0.2) is 0 Å². The summed E-state index contributed by atoms with van der Waals surface area (Å²) >= 11 is 0. The molecule has 1 amide bonds. The molecule has 3 heteroatoms. The van der Waals surface area contributed by atoms with Crippen LogP contribution >= 0.6 is 0 Å². The van der Waals surface area contributed by atoms with Gasteiger partial charge in [-0.05, 0) is 20.5 Å². The smallest absolute Gasteiger partial charge is 0.237 e. The first-order valence-electron chi connectivity index (χ1n) is 4.27. The summed E-state index contributed by atoms with van der Waals surface area (Å²) in [7, 11) is 3.83. The zero-order valence-corrected chi connectivity index (χ0v) is 7.79. The summed E-state index contributed by atoms with van der Waals surface area (Å²) in [6, 6.07) is 0. The fourth-order valence-corrected chi connectivity index (χ4v) is 1.24. The largest absolute Gasteiger partial charge is 0.338 e. The standard InChI is InChI=1S/C9H16N2O/c1-10(2)8-9(12)11-6-4-3-5-7-11/h3-4H,5-8H2,1-2H3. The van der Waals surface area contributed by atoms with Crippen LogP contribution in [0.2, 0.25) is 0 Å². The Hall–Kier alpha value is -0.830. The monoisotopic (exact) mass is 168 g/mol. The summed E-state index contributed by atoms with van der Waals surface area (Å²) < 4.78 is 0. The van der Waals surface area contributed by atoms with Gasteiger partial charge in [0.25, 0.3) is 0 Å². The highest BCUT2D eigenvalue weighted by Crippen LogP contribution is 2.01. The van der Waals surface area contributed by atoms with Gasteiger partial charge in [-0.2, -0.15) is 0 Å². The van der Waals surface area contributed by atoms with Crippen LogP contribution in [0, 0.1) is 0 Å². The van der Waals surface area contributed by atoms with E-state index in [0.717, 1.165) is 19.5 Å². The second-order valence-electron chi connectivity index (χ2n) is 3.34. The molecule has 0 bridgehead atoms. The third-order valence-corrected chi connectivity index (χ3v) is 1.86. The van der Waals surface area contributed by atoms with Crippen LogP contribution in [0.15, 0.2) is 12.2 Å². The van der Waals surface area contributed by atoms with Crippen LogP contribution in [0.4, 0.5) is 0 Å². The molecular weight excluding hydrogens is 152 g/mol. The van der Waals surface area contributed by atoms with Gasteiger partial charge in [0.05, 0.1) is 6.54 Å². The minimum Gasteiger partial charge on any atom is -0.338 e. The minimum absolute atomic E-state index is 0.226. The van der Waals surface area contributed by atoms with E-state index in [-0.39, 0.29) is 5.91 Å². The number of likely N-dealkylation sites (N-methyl/N-ethyl adjacent to an activating group) is 1. The molecule has 0 atom stereocenters. The van der Waals surface area contributed by atoms with E-state index in [0.29, 0.717) is 6.54 Å². The molecule has 1 aliphatic rings. The molecule has 0 saturated carbocycles. The van der Waals surface area contributed by atoms with E-state index in [2.05, 4.69) is 12.2 Å². The summed E-state index contributed by atoms with van der Waals surface area (Å²) in [4.78, 5) is 15.3. The average Bonchev–Trinajstić information content (AvgIpc) is 2.05. The maximum absolute atomic E-state index is 11.5. The lowest BCUT2D eigenvalue weighted by Crippen LogP contribution is -2.39. The molecule has 0 aromatic carbocycles. The molecule has 0 fully saturated rings. The molecule has 0 radical (unpaired) electrons. The normalized spacial score (nSPS) is 17.1. The van der Waals surface area contributed by atoms with Crippen molar-refractivity contribution in [3.8, 4) is 0 Å². The van der Waals surface area contributed by atoms with Crippen molar-refractivity contribution in [2.75, 3.05) is 33.7 Å². The van der Waals surface area contributed by atoms with E-state index in [1.165, 1.54) is 0 Å². The molecular formula is C9H16N2O. The first-order chi connectivity index (χ1) is 5.70. The number of carbonyl (C=O) groups is 1. The molecule has 0 spiro atoms. The highest BCUT2D eigenvalue weighted by atomic mass is 16.2. The van der Waals surface area contributed by atoms with Crippen LogP contribution in [0.1, 0.15) is 6.42 Å². The number of amides is 1. The molecule has 12 heavy (non-hydrogen) atoms. The Labute approximate surface area is 73.6 Å². The van der Waals surface area contributed by atoms with Crippen molar-refractivity contribution in [2.45, 2.75) is 6.42 Å². The van der Waals surface area contributed by atoms with E-state index in [1.54, 1.807) is 0 Å². The molecule has 0 aromatic heterocycles. The molecule has 0 unspecified atom stereocenters. The van der Waals surface area contributed by atoms with Gasteiger partial charge in [0, 0.05) is 13.1 Å². The van der Waals surface area contributed by atoms with Crippen molar-refractivity contribution in [1.29, 1.82) is 0 Å². The predicted octanol–water partition coefficient (Wildman–Crippen LogP) is 0.337. The second-order valence-corrected chi connectivity index (χ2v) is 3.34. The van der Waals surface area contributed by atoms with Crippen molar-refractivity contribution in [3.63, 3.8) is 0 Å². The molecule has 0 aliphatic carbocycles. The molecule has 0 saturated heterocycles. The second kappa shape index (κ2) is 4.26. The van der Waals surface area contributed by atoms with Gasteiger partial charge in [-0.1, -0.05) is 12.2 Å². The molecule has 68 valence electrons. The number of hydrogen-bond donors (Lipinski definition) is 0. The highest BCUT2D eigenvalue weighted by molar-refractivity contribution is 5.78. The summed E-state index contributed by atoms with van der Waals surface area (Å²) in [6.45, 7) is 2.18. The molecule has 0 aromatic rings. The third kappa shape index (κ3) is 2.66. The summed E-state index contributed by atoms with van der Waals surface area (Å²) in [5.74, 6) is 0.226. The Morgan fingerprint density at radius 2 is 2.25 bits per heavy atom. The van der Waals surface area contributed by atoms with E-state index >= 15 is 0 Å². The van der Waals surface area contributed by atoms with Crippen molar-refractivity contribution < 1.29 is 4.79 Å². The van der Waals surface area contributed by atoms with Crippen LogP contribution in [0.3, 0.4) is 0 Å². The van der Waals surface area contributed by atoms with Gasteiger partial charge in [-0.3, -0.25) is 4.79 Å². The quantitative estimate of drug-likeness (QED) is 0.555. The van der Waals surface area contributed by atoms with Gasteiger partial charge in [0.1, 0.15) is 0 Å². The Morgan fingerprint density at radius 1 is 1.50 bits per heavy atom.